The molecule has 19 heavy (non-hydrogen) atoms. The Morgan fingerprint density at radius 3 is 2.79 bits per heavy atom. The van der Waals surface area contributed by atoms with E-state index >= 15 is 0 Å². The minimum atomic E-state index is -3.41. The summed E-state index contributed by atoms with van der Waals surface area (Å²) in [5, 5.41) is 6.11. The molecule has 2 aromatic rings. The van der Waals surface area contributed by atoms with Crippen molar-refractivity contribution in [3.8, 4) is 0 Å². The summed E-state index contributed by atoms with van der Waals surface area (Å²) in [4.78, 5) is 4.47. The molecule has 0 saturated carbocycles. The van der Waals surface area contributed by atoms with Gasteiger partial charge in [0.15, 0.2) is 0 Å². The van der Waals surface area contributed by atoms with Crippen LogP contribution < -0.4 is 10.0 Å². The van der Waals surface area contributed by atoms with E-state index in [1.165, 1.54) is 7.05 Å². The molecule has 2 N–H and O–H groups in total. The molecule has 0 aliphatic rings. The molecule has 1 aromatic heterocycles. The molecule has 0 fully saturated rings. The lowest BCUT2D eigenvalue weighted by Crippen LogP contribution is -2.18. The maximum Gasteiger partial charge on any atom is 0.240 e. The molecule has 0 aliphatic carbocycles. The summed E-state index contributed by atoms with van der Waals surface area (Å²) in [5.74, 6) is 0. The number of benzene rings is 1. The lowest BCUT2D eigenvalue weighted by Gasteiger charge is -2.13. The second-order valence-electron chi connectivity index (χ2n) is 3.97. The van der Waals surface area contributed by atoms with Crippen LogP contribution in [0.25, 0.3) is 0 Å². The van der Waals surface area contributed by atoms with E-state index in [1.54, 1.807) is 35.7 Å². The van der Waals surface area contributed by atoms with Crippen molar-refractivity contribution >= 4 is 27.0 Å². The van der Waals surface area contributed by atoms with Gasteiger partial charge in [0.05, 0.1) is 10.9 Å². The van der Waals surface area contributed by atoms with Gasteiger partial charge in [-0.2, -0.15) is 0 Å². The molecule has 0 amide bonds. The highest BCUT2D eigenvalue weighted by Crippen LogP contribution is 2.22. The molecule has 5 nitrogen and oxygen atoms in total. The number of hydrogen-bond donors (Lipinski definition) is 2. The van der Waals surface area contributed by atoms with Crippen molar-refractivity contribution in [2.45, 2.75) is 17.9 Å². The Hall–Kier alpha value is -1.44. The van der Waals surface area contributed by atoms with Gasteiger partial charge in [-0.15, -0.1) is 11.3 Å². The van der Waals surface area contributed by atoms with E-state index in [0.717, 1.165) is 10.7 Å². The van der Waals surface area contributed by atoms with Gasteiger partial charge >= 0.3 is 0 Å². The fourth-order valence-corrected chi connectivity index (χ4v) is 3.05. The van der Waals surface area contributed by atoms with Gasteiger partial charge in [0.2, 0.25) is 10.0 Å². The predicted molar refractivity (Wildman–Crippen MR) is 76.8 cm³/mol. The van der Waals surface area contributed by atoms with E-state index in [1.807, 2.05) is 18.4 Å². The zero-order valence-electron chi connectivity index (χ0n) is 10.6. The Balaban J connectivity index is 2.20. The first-order valence-electron chi connectivity index (χ1n) is 5.72. The summed E-state index contributed by atoms with van der Waals surface area (Å²) in [5.41, 5.74) is 0.749. The Bertz CT molecular complexity index is 639. The monoisotopic (exact) mass is 297 g/mol. The van der Waals surface area contributed by atoms with E-state index < -0.39 is 10.0 Å². The normalized spacial score (nSPS) is 13.2. The first kappa shape index (κ1) is 14.0. The SMILES string of the molecule is CNS(=O)(=O)c1cccc(NC(C)c2nccs2)c1. The van der Waals surface area contributed by atoms with Crippen molar-refractivity contribution in [3.63, 3.8) is 0 Å². The molecule has 2 rings (SSSR count). The lowest BCUT2D eigenvalue weighted by atomic mass is 10.3. The third kappa shape index (κ3) is 3.31. The van der Waals surface area contributed by atoms with E-state index in [4.69, 9.17) is 0 Å². The molecule has 102 valence electrons. The Morgan fingerprint density at radius 1 is 1.37 bits per heavy atom. The number of hydrogen-bond acceptors (Lipinski definition) is 5. The molecule has 0 bridgehead atoms. The number of aromatic nitrogens is 1. The first-order chi connectivity index (χ1) is 9.03. The van der Waals surface area contributed by atoms with Gasteiger partial charge < -0.3 is 5.32 Å². The number of anilines is 1. The number of rotatable bonds is 5. The molecule has 0 spiro atoms. The Kier molecular flexibility index (Phi) is 4.18. The summed E-state index contributed by atoms with van der Waals surface area (Å²) in [7, 11) is -2.02. The van der Waals surface area contributed by atoms with Crippen molar-refractivity contribution in [2.24, 2.45) is 0 Å². The molecule has 1 atom stereocenters. The summed E-state index contributed by atoms with van der Waals surface area (Å²) in [6.07, 6.45) is 1.75. The van der Waals surface area contributed by atoms with Crippen molar-refractivity contribution in [1.29, 1.82) is 0 Å². The second-order valence-corrected chi connectivity index (χ2v) is 6.78. The quantitative estimate of drug-likeness (QED) is 0.888. The van der Waals surface area contributed by atoms with Crippen LogP contribution in [0.3, 0.4) is 0 Å². The summed E-state index contributed by atoms with van der Waals surface area (Å²) in [6.45, 7) is 1.98. The van der Waals surface area contributed by atoms with Gasteiger partial charge in [0.1, 0.15) is 5.01 Å². The average molecular weight is 297 g/mol. The topological polar surface area (TPSA) is 71.1 Å². The number of nitrogens with zero attached hydrogens (tertiary/aromatic N) is 1. The zero-order valence-corrected chi connectivity index (χ0v) is 12.3. The molecule has 1 aromatic carbocycles. The van der Waals surface area contributed by atoms with Crippen LogP contribution >= 0.6 is 11.3 Å². The van der Waals surface area contributed by atoms with Crippen LogP contribution in [0.4, 0.5) is 5.69 Å². The average Bonchev–Trinajstić information content (AvgIpc) is 2.93. The molecule has 1 heterocycles. The smallest absolute Gasteiger partial charge is 0.240 e. The number of sulfonamides is 1. The minimum absolute atomic E-state index is 0.0348. The first-order valence-corrected chi connectivity index (χ1v) is 8.09. The van der Waals surface area contributed by atoms with Crippen LogP contribution in [0.1, 0.15) is 18.0 Å². The van der Waals surface area contributed by atoms with Crippen molar-refractivity contribution in [3.05, 3.63) is 40.8 Å². The summed E-state index contributed by atoms with van der Waals surface area (Å²) in [6, 6.07) is 6.74. The lowest BCUT2D eigenvalue weighted by molar-refractivity contribution is 0.588. The maximum absolute atomic E-state index is 11.7. The van der Waals surface area contributed by atoms with Crippen LogP contribution in [-0.4, -0.2) is 20.4 Å². The third-order valence-electron chi connectivity index (χ3n) is 2.62. The Labute approximate surface area is 116 Å². The highest BCUT2D eigenvalue weighted by Gasteiger charge is 2.13. The third-order valence-corrected chi connectivity index (χ3v) is 4.99. The van der Waals surface area contributed by atoms with E-state index in [2.05, 4.69) is 15.0 Å². The van der Waals surface area contributed by atoms with Crippen molar-refractivity contribution < 1.29 is 8.42 Å². The minimum Gasteiger partial charge on any atom is -0.376 e. The highest BCUT2D eigenvalue weighted by atomic mass is 32.2. The van der Waals surface area contributed by atoms with Gasteiger partial charge in [-0.3, -0.25) is 0 Å². The van der Waals surface area contributed by atoms with Crippen LogP contribution in [0.5, 0.6) is 0 Å². The van der Waals surface area contributed by atoms with Crippen LogP contribution in [0.2, 0.25) is 0 Å². The van der Waals surface area contributed by atoms with Gasteiger partial charge in [0, 0.05) is 17.3 Å². The van der Waals surface area contributed by atoms with Crippen LogP contribution in [0, 0.1) is 0 Å². The van der Waals surface area contributed by atoms with Gasteiger partial charge in [0.25, 0.3) is 0 Å². The van der Waals surface area contributed by atoms with Crippen molar-refractivity contribution in [2.75, 3.05) is 12.4 Å². The highest BCUT2D eigenvalue weighted by molar-refractivity contribution is 7.89. The van der Waals surface area contributed by atoms with Crippen molar-refractivity contribution in [1.82, 2.24) is 9.71 Å². The predicted octanol–water partition coefficient (Wildman–Crippen LogP) is 2.22. The molecule has 7 heteroatoms. The number of thiazole rings is 1. The maximum atomic E-state index is 11.7. The van der Waals surface area contributed by atoms with E-state index in [0.29, 0.717) is 0 Å². The number of nitrogens with one attached hydrogen (secondary N) is 2. The molecular weight excluding hydrogens is 282 g/mol. The standard InChI is InChI=1S/C12H15N3O2S2/c1-9(12-14-6-7-18-12)15-10-4-3-5-11(8-10)19(16,17)13-2/h3-9,13,15H,1-2H3. The van der Waals surface area contributed by atoms with E-state index in [9.17, 15) is 8.42 Å². The summed E-state index contributed by atoms with van der Waals surface area (Å²) < 4.78 is 25.7. The van der Waals surface area contributed by atoms with Gasteiger partial charge in [-0.05, 0) is 32.2 Å². The Morgan fingerprint density at radius 2 is 2.16 bits per heavy atom. The molecule has 1 unspecified atom stereocenters. The second kappa shape index (κ2) is 5.68. The summed E-state index contributed by atoms with van der Waals surface area (Å²) >= 11 is 1.56. The fraction of sp³-hybridized carbons (Fsp3) is 0.250. The van der Waals surface area contributed by atoms with Gasteiger partial charge in [-0.25, -0.2) is 18.1 Å². The zero-order chi connectivity index (χ0) is 13.9. The van der Waals surface area contributed by atoms with E-state index in [-0.39, 0.29) is 10.9 Å². The molecule has 0 aliphatic heterocycles. The van der Waals surface area contributed by atoms with Crippen LogP contribution in [-0.2, 0) is 10.0 Å². The molecular formula is C12H15N3O2S2. The van der Waals surface area contributed by atoms with Crippen LogP contribution in [0.15, 0.2) is 40.7 Å². The van der Waals surface area contributed by atoms with Gasteiger partial charge in [-0.1, -0.05) is 6.07 Å². The molecule has 0 radical (unpaired) electrons. The fourth-order valence-electron chi connectivity index (χ4n) is 1.63. The molecule has 0 saturated heterocycles. The largest absolute Gasteiger partial charge is 0.376 e.